The number of fused-ring (bicyclic) bond motifs is 3. The molecule has 0 atom stereocenters. The summed E-state index contributed by atoms with van der Waals surface area (Å²) in [7, 11) is 0. The smallest absolute Gasteiger partial charge is 0.340 e. The summed E-state index contributed by atoms with van der Waals surface area (Å²) in [4.78, 5) is 25.6. The van der Waals surface area contributed by atoms with Gasteiger partial charge in [-0.05, 0) is 54.8 Å². The van der Waals surface area contributed by atoms with Gasteiger partial charge in [0, 0.05) is 10.6 Å². The Morgan fingerprint density at radius 1 is 0.963 bits per heavy atom. The fourth-order valence-electron chi connectivity index (χ4n) is 3.24. The van der Waals surface area contributed by atoms with E-state index in [9.17, 15) is 9.59 Å². The molecule has 2 aromatic heterocycles. The fraction of sp³-hybridized carbons (Fsp3) is 0.0909. The van der Waals surface area contributed by atoms with Crippen LogP contribution in [0.4, 0.5) is 0 Å². The van der Waals surface area contributed by atoms with Crippen molar-refractivity contribution in [1.29, 1.82) is 0 Å². The quantitative estimate of drug-likeness (QED) is 0.365. The molecule has 0 aliphatic heterocycles. The second-order valence-electron chi connectivity index (χ2n) is 6.11. The summed E-state index contributed by atoms with van der Waals surface area (Å²) in [5.41, 5.74) is 2.78. The van der Waals surface area contributed by atoms with Gasteiger partial charge in [-0.2, -0.15) is 0 Å². The van der Waals surface area contributed by atoms with Gasteiger partial charge in [0.2, 0.25) is 5.78 Å². The minimum Gasteiger partial charge on any atom is -0.462 e. The second kappa shape index (κ2) is 6.89. The first-order valence-electron chi connectivity index (χ1n) is 8.60. The molecule has 0 spiro atoms. The van der Waals surface area contributed by atoms with Gasteiger partial charge in [0.1, 0.15) is 0 Å². The number of esters is 1. The van der Waals surface area contributed by atoms with Crippen molar-refractivity contribution in [1.82, 2.24) is 4.40 Å². The molecule has 0 saturated carbocycles. The van der Waals surface area contributed by atoms with Crippen molar-refractivity contribution in [2.75, 3.05) is 6.61 Å². The Morgan fingerprint density at radius 3 is 2.44 bits per heavy atom. The van der Waals surface area contributed by atoms with E-state index in [0.29, 0.717) is 27.4 Å². The molecule has 4 rings (SSSR count). The van der Waals surface area contributed by atoms with Crippen molar-refractivity contribution in [3.8, 4) is 0 Å². The molecule has 4 nitrogen and oxygen atoms in total. The van der Waals surface area contributed by atoms with Gasteiger partial charge >= 0.3 is 5.97 Å². The van der Waals surface area contributed by atoms with Gasteiger partial charge in [0.25, 0.3) is 0 Å². The average Bonchev–Trinajstić information content (AvgIpc) is 3.08. The largest absolute Gasteiger partial charge is 0.462 e. The predicted molar refractivity (Wildman–Crippen MR) is 106 cm³/mol. The molecule has 0 amide bonds. The number of nitrogens with zero attached hydrogens (tertiary/aromatic N) is 1. The SMILES string of the molecule is CCOC(=O)c1cc(C(=O)c2ccc(Cl)cc2)n2c1ccc1ccccc12. The van der Waals surface area contributed by atoms with Gasteiger partial charge in [-0.3, -0.25) is 4.79 Å². The summed E-state index contributed by atoms with van der Waals surface area (Å²) in [6.45, 7) is 2.02. The van der Waals surface area contributed by atoms with E-state index in [1.807, 2.05) is 40.8 Å². The third-order valence-corrected chi connectivity index (χ3v) is 4.72. The number of hydrogen-bond donors (Lipinski definition) is 0. The first kappa shape index (κ1) is 17.3. The van der Waals surface area contributed by atoms with Crippen molar-refractivity contribution in [3.05, 3.63) is 88.6 Å². The molecule has 0 unspecified atom stereocenters. The molecule has 5 heteroatoms. The van der Waals surface area contributed by atoms with E-state index in [1.54, 1.807) is 37.3 Å². The zero-order valence-electron chi connectivity index (χ0n) is 14.6. The van der Waals surface area contributed by atoms with E-state index in [2.05, 4.69) is 0 Å². The lowest BCUT2D eigenvalue weighted by molar-refractivity contribution is 0.0529. The zero-order valence-corrected chi connectivity index (χ0v) is 15.4. The molecule has 0 N–H and O–H groups in total. The summed E-state index contributed by atoms with van der Waals surface area (Å²) < 4.78 is 7.00. The average molecular weight is 378 g/mol. The molecule has 0 fully saturated rings. The van der Waals surface area contributed by atoms with Crippen LogP contribution in [0.15, 0.2) is 66.7 Å². The molecule has 2 aromatic carbocycles. The molecule has 0 bridgehead atoms. The third-order valence-electron chi connectivity index (χ3n) is 4.47. The van der Waals surface area contributed by atoms with Gasteiger partial charge in [-0.15, -0.1) is 0 Å². The number of ketones is 1. The maximum atomic E-state index is 13.2. The number of aromatic nitrogens is 1. The number of carbonyl (C=O) groups excluding carboxylic acids is 2. The van der Waals surface area contributed by atoms with Crippen LogP contribution in [0.5, 0.6) is 0 Å². The van der Waals surface area contributed by atoms with E-state index in [1.165, 1.54) is 0 Å². The molecule has 0 aliphatic rings. The molecule has 2 heterocycles. The molecule has 4 aromatic rings. The minimum absolute atomic E-state index is 0.187. The van der Waals surface area contributed by atoms with Crippen molar-refractivity contribution < 1.29 is 14.3 Å². The van der Waals surface area contributed by atoms with Gasteiger partial charge in [0.15, 0.2) is 0 Å². The Kier molecular flexibility index (Phi) is 4.42. The second-order valence-corrected chi connectivity index (χ2v) is 6.55. The molecule has 0 aliphatic carbocycles. The molecule has 0 radical (unpaired) electrons. The maximum Gasteiger partial charge on any atom is 0.340 e. The lowest BCUT2D eigenvalue weighted by atomic mass is 10.1. The van der Waals surface area contributed by atoms with Crippen LogP contribution in [-0.2, 0) is 4.74 Å². The van der Waals surface area contributed by atoms with Crippen LogP contribution in [-0.4, -0.2) is 22.8 Å². The van der Waals surface area contributed by atoms with Crippen molar-refractivity contribution in [2.45, 2.75) is 6.92 Å². The number of benzene rings is 2. The molecule has 134 valence electrons. The lowest BCUT2D eigenvalue weighted by Gasteiger charge is -2.07. The van der Waals surface area contributed by atoms with Crippen LogP contribution >= 0.6 is 11.6 Å². The van der Waals surface area contributed by atoms with Crippen LogP contribution in [0, 0.1) is 0 Å². The predicted octanol–water partition coefficient (Wildman–Crippen LogP) is 5.15. The Morgan fingerprint density at radius 2 is 1.70 bits per heavy atom. The van der Waals surface area contributed by atoms with E-state index in [4.69, 9.17) is 16.3 Å². The summed E-state index contributed by atoms with van der Waals surface area (Å²) in [5, 5.41) is 1.53. The van der Waals surface area contributed by atoms with Crippen molar-refractivity contribution in [3.63, 3.8) is 0 Å². The molecular weight excluding hydrogens is 362 g/mol. The van der Waals surface area contributed by atoms with Crippen LogP contribution in [0.3, 0.4) is 0 Å². The Labute approximate surface area is 160 Å². The van der Waals surface area contributed by atoms with Crippen molar-refractivity contribution in [2.24, 2.45) is 0 Å². The van der Waals surface area contributed by atoms with Crippen LogP contribution < -0.4 is 0 Å². The molecule has 27 heavy (non-hydrogen) atoms. The summed E-state index contributed by atoms with van der Waals surface area (Å²) in [5.74, 6) is -0.631. The van der Waals surface area contributed by atoms with E-state index in [-0.39, 0.29) is 12.4 Å². The third kappa shape index (κ3) is 2.98. The van der Waals surface area contributed by atoms with E-state index < -0.39 is 5.97 Å². The monoisotopic (exact) mass is 377 g/mol. The van der Waals surface area contributed by atoms with Gasteiger partial charge in [-0.25, -0.2) is 4.79 Å². The molecular formula is C22H16ClNO3. The normalized spacial score (nSPS) is 11.0. The summed E-state index contributed by atoms with van der Waals surface area (Å²) in [6.07, 6.45) is 0. The van der Waals surface area contributed by atoms with Crippen molar-refractivity contribution >= 4 is 39.8 Å². The van der Waals surface area contributed by atoms with E-state index in [0.717, 1.165) is 10.9 Å². The molecule has 0 saturated heterocycles. The number of ether oxygens (including phenoxy) is 1. The van der Waals surface area contributed by atoms with E-state index >= 15 is 0 Å². The number of halogens is 1. The standard InChI is InChI=1S/C22H16ClNO3/c1-2-27-22(26)17-13-20(21(25)15-7-10-16(23)11-8-15)24-18-6-4-3-5-14(18)9-12-19(17)24/h3-13H,2H2,1H3. The van der Waals surface area contributed by atoms with Gasteiger partial charge in [-0.1, -0.05) is 35.9 Å². The number of rotatable bonds is 4. The summed E-state index contributed by atoms with van der Waals surface area (Å²) >= 11 is 5.94. The lowest BCUT2D eigenvalue weighted by Crippen LogP contribution is -2.05. The Bertz CT molecular complexity index is 1180. The first-order chi connectivity index (χ1) is 13.1. The number of para-hydroxylation sites is 1. The number of pyridine rings is 1. The highest BCUT2D eigenvalue weighted by molar-refractivity contribution is 6.30. The highest BCUT2D eigenvalue weighted by atomic mass is 35.5. The zero-order chi connectivity index (χ0) is 19.0. The minimum atomic E-state index is -0.444. The fourth-order valence-corrected chi connectivity index (χ4v) is 3.36. The van der Waals surface area contributed by atoms with Crippen LogP contribution in [0.1, 0.15) is 33.3 Å². The highest BCUT2D eigenvalue weighted by Crippen LogP contribution is 2.26. The van der Waals surface area contributed by atoms with Crippen LogP contribution in [0.2, 0.25) is 5.02 Å². The van der Waals surface area contributed by atoms with Gasteiger partial charge in [0.05, 0.1) is 28.9 Å². The van der Waals surface area contributed by atoms with Crippen LogP contribution in [0.25, 0.3) is 16.4 Å². The summed E-state index contributed by atoms with van der Waals surface area (Å²) in [6, 6.07) is 19.8. The number of carbonyl (C=O) groups is 2. The van der Waals surface area contributed by atoms with Gasteiger partial charge < -0.3 is 9.14 Å². The maximum absolute atomic E-state index is 13.2. The first-order valence-corrected chi connectivity index (χ1v) is 8.98. The highest BCUT2D eigenvalue weighted by Gasteiger charge is 2.22. The topological polar surface area (TPSA) is 47.8 Å². The Hall–Kier alpha value is -3.11. The Balaban J connectivity index is 2.00. The number of hydrogen-bond acceptors (Lipinski definition) is 3.